The Bertz CT molecular complexity index is 516. The van der Waals surface area contributed by atoms with E-state index in [0.717, 1.165) is 29.3 Å². The maximum atomic E-state index is 4.62. The SMILES string of the molecule is CCCc1nc(NC)c2c(C)c(C)sc2n1. The van der Waals surface area contributed by atoms with Crippen LogP contribution >= 0.6 is 11.3 Å². The molecule has 0 radical (unpaired) electrons. The highest BCUT2D eigenvalue weighted by molar-refractivity contribution is 7.18. The van der Waals surface area contributed by atoms with Crippen LogP contribution in [0, 0.1) is 13.8 Å². The topological polar surface area (TPSA) is 37.8 Å². The van der Waals surface area contributed by atoms with Gasteiger partial charge in [-0.2, -0.15) is 0 Å². The first-order chi connectivity index (χ1) is 7.67. The summed E-state index contributed by atoms with van der Waals surface area (Å²) in [5.74, 6) is 1.91. The summed E-state index contributed by atoms with van der Waals surface area (Å²) in [4.78, 5) is 11.6. The first-order valence-corrected chi connectivity index (χ1v) is 6.43. The molecule has 0 amide bonds. The molecule has 3 nitrogen and oxygen atoms in total. The highest BCUT2D eigenvalue weighted by atomic mass is 32.1. The molecule has 0 unspecified atom stereocenters. The number of fused-ring (bicyclic) bond motifs is 1. The second-order valence-corrected chi connectivity index (χ2v) is 5.16. The highest BCUT2D eigenvalue weighted by Crippen LogP contribution is 2.33. The third-order valence-electron chi connectivity index (χ3n) is 2.79. The van der Waals surface area contributed by atoms with Crippen molar-refractivity contribution in [2.45, 2.75) is 33.6 Å². The van der Waals surface area contributed by atoms with Crippen molar-refractivity contribution in [3.05, 3.63) is 16.3 Å². The number of hydrogen-bond acceptors (Lipinski definition) is 4. The molecule has 0 bridgehead atoms. The Labute approximate surface area is 99.9 Å². The summed E-state index contributed by atoms with van der Waals surface area (Å²) in [5.41, 5.74) is 1.30. The molecule has 0 aromatic carbocycles. The zero-order valence-electron chi connectivity index (χ0n) is 10.2. The number of aryl methyl sites for hydroxylation is 3. The molecule has 2 heterocycles. The lowest BCUT2D eigenvalue weighted by atomic mass is 10.2. The Hall–Kier alpha value is -1.16. The van der Waals surface area contributed by atoms with Gasteiger partial charge in [0.15, 0.2) is 0 Å². The van der Waals surface area contributed by atoms with E-state index in [-0.39, 0.29) is 0 Å². The van der Waals surface area contributed by atoms with Crippen molar-refractivity contribution in [1.82, 2.24) is 9.97 Å². The van der Waals surface area contributed by atoms with Gasteiger partial charge in [0, 0.05) is 18.3 Å². The van der Waals surface area contributed by atoms with E-state index in [4.69, 9.17) is 0 Å². The number of rotatable bonds is 3. The van der Waals surface area contributed by atoms with Gasteiger partial charge in [-0.15, -0.1) is 11.3 Å². The van der Waals surface area contributed by atoms with Crippen molar-refractivity contribution in [3.63, 3.8) is 0 Å². The van der Waals surface area contributed by atoms with Gasteiger partial charge in [-0.25, -0.2) is 9.97 Å². The molecule has 0 atom stereocenters. The van der Waals surface area contributed by atoms with Crippen LogP contribution in [0.1, 0.15) is 29.6 Å². The molecule has 0 aliphatic carbocycles. The zero-order valence-corrected chi connectivity index (χ0v) is 11.0. The summed E-state index contributed by atoms with van der Waals surface area (Å²) in [6.45, 7) is 6.43. The van der Waals surface area contributed by atoms with Gasteiger partial charge in [0.1, 0.15) is 16.5 Å². The quantitative estimate of drug-likeness (QED) is 0.887. The minimum Gasteiger partial charge on any atom is -0.372 e. The van der Waals surface area contributed by atoms with E-state index >= 15 is 0 Å². The largest absolute Gasteiger partial charge is 0.372 e. The van der Waals surface area contributed by atoms with Crippen LogP contribution in [0.2, 0.25) is 0 Å². The number of anilines is 1. The fourth-order valence-corrected chi connectivity index (χ4v) is 2.86. The number of aromatic nitrogens is 2. The maximum absolute atomic E-state index is 4.62. The molecule has 86 valence electrons. The smallest absolute Gasteiger partial charge is 0.138 e. The first-order valence-electron chi connectivity index (χ1n) is 5.61. The van der Waals surface area contributed by atoms with E-state index < -0.39 is 0 Å². The molecule has 0 aliphatic rings. The van der Waals surface area contributed by atoms with Gasteiger partial charge in [-0.3, -0.25) is 0 Å². The second-order valence-electron chi connectivity index (χ2n) is 3.95. The van der Waals surface area contributed by atoms with Crippen LogP contribution in [-0.4, -0.2) is 17.0 Å². The van der Waals surface area contributed by atoms with Gasteiger partial charge in [0.2, 0.25) is 0 Å². The van der Waals surface area contributed by atoms with Gasteiger partial charge in [0.25, 0.3) is 0 Å². The highest BCUT2D eigenvalue weighted by Gasteiger charge is 2.13. The van der Waals surface area contributed by atoms with Gasteiger partial charge >= 0.3 is 0 Å². The Morgan fingerprint density at radius 3 is 2.62 bits per heavy atom. The minimum absolute atomic E-state index is 0.945. The fraction of sp³-hybridized carbons (Fsp3) is 0.500. The standard InChI is InChI=1S/C12H17N3S/c1-5-6-9-14-11(13-4)10-7(2)8(3)16-12(10)15-9/h5-6H2,1-4H3,(H,13,14,15). The van der Waals surface area contributed by atoms with Crippen LogP contribution < -0.4 is 5.32 Å². The van der Waals surface area contributed by atoms with Gasteiger partial charge in [-0.05, 0) is 25.8 Å². The molecule has 2 rings (SSSR count). The van der Waals surface area contributed by atoms with Crippen LogP contribution in [0.25, 0.3) is 10.2 Å². The summed E-state index contributed by atoms with van der Waals surface area (Å²) >= 11 is 1.76. The van der Waals surface area contributed by atoms with E-state index in [2.05, 4.69) is 36.1 Å². The Balaban J connectivity index is 2.68. The lowest BCUT2D eigenvalue weighted by Crippen LogP contribution is -2.00. The predicted molar refractivity (Wildman–Crippen MR) is 70.4 cm³/mol. The Morgan fingerprint density at radius 1 is 1.25 bits per heavy atom. The predicted octanol–water partition coefficient (Wildman–Crippen LogP) is 3.30. The van der Waals surface area contributed by atoms with Crippen molar-refractivity contribution in [2.75, 3.05) is 12.4 Å². The summed E-state index contributed by atoms with van der Waals surface area (Å²) in [6.07, 6.45) is 2.03. The Morgan fingerprint density at radius 2 is 2.00 bits per heavy atom. The monoisotopic (exact) mass is 235 g/mol. The molecular formula is C12H17N3S. The zero-order chi connectivity index (χ0) is 11.7. The lowest BCUT2D eigenvalue weighted by Gasteiger charge is -2.05. The van der Waals surface area contributed by atoms with E-state index in [9.17, 15) is 0 Å². The number of hydrogen-bond donors (Lipinski definition) is 1. The molecule has 2 aromatic rings. The summed E-state index contributed by atoms with van der Waals surface area (Å²) in [7, 11) is 1.92. The van der Waals surface area contributed by atoms with Crippen molar-refractivity contribution < 1.29 is 0 Å². The first kappa shape index (κ1) is 11.3. The molecule has 0 saturated heterocycles. The molecule has 0 fully saturated rings. The molecule has 1 N–H and O–H groups in total. The number of nitrogens with one attached hydrogen (secondary N) is 1. The summed E-state index contributed by atoms with van der Waals surface area (Å²) in [6, 6.07) is 0. The van der Waals surface area contributed by atoms with Crippen molar-refractivity contribution in [1.29, 1.82) is 0 Å². The fourth-order valence-electron chi connectivity index (χ4n) is 1.81. The molecule has 0 saturated carbocycles. The average Bonchev–Trinajstić information content (AvgIpc) is 2.54. The molecule has 16 heavy (non-hydrogen) atoms. The van der Waals surface area contributed by atoms with Crippen LogP contribution in [0.4, 0.5) is 5.82 Å². The average molecular weight is 235 g/mol. The molecule has 0 aliphatic heterocycles. The third-order valence-corrected chi connectivity index (χ3v) is 3.89. The van der Waals surface area contributed by atoms with Crippen molar-refractivity contribution >= 4 is 27.4 Å². The molecule has 2 aromatic heterocycles. The van der Waals surface area contributed by atoms with Crippen LogP contribution in [0.5, 0.6) is 0 Å². The van der Waals surface area contributed by atoms with Crippen LogP contribution in [0.15, 0.2) is 0 Å². The van der Waals surface area contributed by atoms with Crippen LogP contribution in [0.3, 0.4) is 0 Å². The van der Waals surface area contributed by atoms with Crippen LogP contribution in [-0.2, 0) is 6.42 Å². The van der Waals surface area contributed by atoms with Gasteiger partial charge in [0.05, 0.1) is 5.39 Å². The van der Waals surface area contributed by atoms with Gasteiger partial charge in [-0.1, -0.05) is 6.92 Å². The van der Waals surface area contributed by atoms with E-state index in [1.165, 1.54) is 15.8 Å². The molecular weight excluding hydrogens is 218 g/mol. The molecule has 4 heteroatoms. The maximum Gasteiger partial charge on any atom is 0.138 e. The summed E-state index contributed by atoms with van der Waals surface area (Å²) < 4.78 is 0. The van der Waals surface area contributed by atoms with Gasteiger partial charge < -0.3 is 5.32 Å². The minimum atomic E-state index is 0.945. The third kappa shape index (κ3) is 1.78. The van der Waals surface area contributed by atoms with Crippen molar-refractivity contribution in [3.8, 4) is 0 Å². The van der Waals surface area contributed by atoms with E-state index in [0.29, 0.717) is 0 Å². The number of nitrogens with zero attached hydrogens (tertiary/aromatic N) is 2. The normalized spacial score (nSPS) is 11.0. The summed E-state index contributed by atoms with van der Waals surface area (Å²) in [5, 5.41) is 4.36. The van der Waals surface area contributed by atoms with E-state index in [1.54, 1.807) is 11.3 Å². The second kappa shape index (κ2) is 4.37. The Kier molecular flexibility index (Phi) is 3.10. The van der Waals surface area contributed by atoms with Crippen molar-refractivity contribution in [2.24, 2.45) is 0 Å². The molecule has 0 spiro atoms. The number of thiophene rings is 1. The lowest BCUT2D eigenvalue weighted by molar-refractivity contribution is 0.847. The van der Waals surface area contributed by atoms with E-state index in [1.807, 2.05) is 7.05 Å².